The SMILES string of the molecule is COc1ncnc2c1nc(CCCl)n2Cc1noc(C)n1. The molecule has 0 radical (unpaired) electrons. The van der Waals surface area contributed by atoms with E-state index in [1.54, 1.807) is 14.0 Å². The molecular weight excluding hydrogens is 296 g/mol. The molecule has 21 heavy (non-hydrogen) atoms. The Labute approximate surface area is 125 Å². The van der Waals surface area contributed by atoms with E-state index in [1.165, 1.54) is 6.33 Å². The van der Waals surface area contributed by atoms with E-state index in [0.29, 0.717) is 47.6 Å². The number of aryl methyl sites for hydroxylation is 2. The number of alkyl halides is 1. The van der Waals surface area contributed by atoms with Crippen LogP contribution in [-0.4, -0.2) is 42.6 Å². The molecule has 3 aromatic heterocycles. The van der Waals surface area contributed by atoms with Crippen LogP contribution < -0.4 is 4.74 Å². The molecule has 0 fully saturated rings. The largest absolute Gasteiger partial charge is 0.479 e. The molecule has 0 saturated carbocycles. The summed E-state index contributed by atoms with van der Waals surface area (Å²) in [6, 6.07) is 0. The number of rotatable bonds is 5. The minimum atomic E-state index is 0.403. The van der Waals surface area contributed by atoms with Gasteiger partial charge >= 0.3 is 0 Å². The molecule has 3 aromatic rings. The minimum absolute atomic E-state index is 0.403. The van der Waals surface area contributed by atoms with Crippen LogP contribution in [0.4, 0.5) is 0 Å². The third-order valence-corrected chi connectivity index (χ3v) is 3.15. The zero-order valence-corrected chi connectivity index (χ0v) is 12.3. The summed E-state index contributed by atoms with van der Waals surface area (Å²) < 4.78 is 12.1. The molecule has 0 aromatic carbocycles. The number of imidazole rings is 1. The Morgan fingerprint density at radius 1 is 1.33 bits per heavy atom. The van der Waals surface area contributed by atoms with Crippen molar-refractivity contribution < 1.29 is 9.26 Å². The van der Waals surface area contributed by atoms with Gasteiger partial charge in [-0.05, 0) is 0 Å². The summed E-state index contributed by atoms with van der Waals surface area (Å²) in [5.74, 6) is 2.73. The van der Waals surface area contributed by atoms with Crippen LogP contribution >= 0.6 is 11.6 Å². The fourth-order valence-electron chi connectivity index (χ4n) is 2.10. The van der Waals surface area contributed by atoms with Crippen molar-refractivity contribution in [2.75, 3.05) is 13.0 Å². The number of hydrogen-bond acceptors (Lipinski definition) is 7. The lowest BCUT2D eigenvalue weighted by Gasteiger charge is -2.04. The maximum Gasteiger partial charge on any atom is 0.245 e. The summed E-state index contributed by atoms with van der Waals surface area (Å²) in [7, 11) is 1.55. The first-order chi connectivity index (χ1) is 10.2. The van der Waals surface area contributed by atoms with Gasteiger partial charge in [-0.3, -0.25) is 0 Å². The van der Waals surface area contributed by atoms with E-state index >= 15 is 0 Å². The number of aromatic nitrogens is 6. The summed E-state index contributed by atoms with van der Waals surface area (Å²) in [5.41, 5.74) is 1.25. The maximum atomic E-state index is 5.85. The molecule has 0 bridgehead atoms. The van der Waals surface area contributed by atoms with Crippen molar-refractivity contribution >= 4 is 22.8 Å². The number of methoxy groups -OCH3 is 1. The van der Waals surface area contributed by atoms with Gasteiger partial charge in [-0.25, -0.2) is 9.97 Å². The topological polar surface area (TPSA) is 91.8 Å². The van der Waals surface area contributed by atoms with Crippen LogP contribution in [0.5, 0.6) is 5.88 Å². The van der Waals surface area contributed by atoms with E-state index in [2.05, 4.69) is 25.1 Å². The second-order valence-electron chi connectivity index (χ2n) is 4.34. The molecule has 0 saturated heterocycles. The summed E-state index contributed by atoms with van der Waals surface area (Å²) in [6.07, 6.45) is 2.03. The molecule has 110 valence electrons. The van der Waals surface area contributed by atoms with Gasteiger partial charge in [-0.1, -0.05) is 5.16 Å². The van der Waals surface area contributed by atoms with Gasteiger partial charge in [0.05, 0.1) is 13.7 Å². The minimum Gasteiger partial charge on any atom is -0.479 e. The quantitative estimate of drug-likeness (QED) is 0.657. The van der Waals surface area contributed by atoms with Crippen molar-refractivity contribution in [1.29, 1.82) is 0 Å². The second kappa shape index (κ2) is 5.65. The Morgan fingerprint density at radius 2 is 2.19 bits per heavy atom. The fraction of sp³-hybridized carbons (Fsp3) is 0.417. The molecule has 0 aliphatic carbocycles. The van der Waals surface area contributed by atoms with Crippen molar-refractivity contribution in [3.05, 3.63) is 23.9 Å². The van der Waals surface area contributed by atoms with E-state index in [9.17, 15) is 0 Å². The van der Waals surface area contributed by atoms with Crippen LogP contribution in [0, 0.1) is 6.92 Å². The highest BCUT2D eigenvalue weighted by Gasteiger charge is 2.17. The highest BCUT2D eigenvalue weighted by Crippen LogP contribution is 2.22. The molecule has 9 heteroatoms. The van der Waals surface area contributed by atoms with Crippen molar-refractivity contribution in [1.82, 2.24) is 29.7 Å². The van der Waals surface area contributed by atoms with Crippen molar-refractivity contribution in [2.24, 2.45) is 0 Å². The molecule has 3 heterocycles. The Balaban J connectivity index is 2.11. The third-order valence-electron chi connectivity index (χ3n) is 2.96. The molecule has 0 atom stereocenters. The molecule has 0 aliphatic rings. The summed E-state index contributed by atoms with van der Waals surface area (Å²) in [5, 5.41) is 3.90. The molecule has 8 nitrogen and oxygen atoms in total. The normalized spacial score (nSPS) is 11.2. The highest BCUT2D eigenvalue weighted by molar-refractivity contribution is 6.17. The van der Waals surface area contributed by atoms with E-state index in [0.717, 1.165) is 5.82 Å². The zero-order valence-electron chi connectivity index (χ0n) is 11.6. The number of nitrogens with zero attached hydrogens (tertiary/aromatic N) is 6. The number of fused-ring (bicyclic) bond motifs is 1. The fourth-order valence-corrected chi connectivity index (χ4v) is 2.27. The van der Waals surface area contributed by atoms with Crippen LogP contribution in [0.2, 0.25) is 0 Å². The summed E-state index contributed by atoms with van der Waals surface area (Å²) in [6.45, 7) is 2.15. The van der Waals surface area contributed by atoms with Gasteiger partial charge in [0.15, 0.2) is 17.0 Å². The Bertz CT molecular complexity index is 768. The van der Waals surface area contributed by atoms with E-state index in [1.807, 2.05) is 4.57 Å². The van der Waals surface area contributed by atoms with Gasteiger partial charge < -0.3 is 13.8 Å². The van der Waals surface area contributed by atoms with E-state index in [-0.39, 0.29) is 0 Å². The second-order valence-corrected chi connectivity index (χ2v) is 4.72. The van der Waals surface area contributed by atoms with Crippen LogP contribution in [0.1, 0.15) is 17.5 Å². The lowest BCUT2D eigenvalue weighted by atomic mass is 10.4. The first-order valence-electron chi connectivity index (χ1n) is 6.32. The molecule has 0 amide bonds. The van der Waals surface area contributed by atoms with Gasteiger partial charge in [0.1, 0.15) is 12.2 Å². The standard InChI is InChI=1S/C12H13ClN6O2/c1-7-16-8(18-21-7)5-19-9(3-4-13)17-10-11(19)14-6-15-12(10)20-2/h6H,3-5H2,1-2H3. The van der Waals surface area contributed by atoms with Gasteiger partial charge in [-0.2, -0.15) is 9.97 Å². The molecule has 0 N–H and O–H groups in total. The van der Waals surface area contributed by atoms with Gasteiger partial charge in [-0.15, -0.1) is 11.6 Å². The van der Waals surface area contributed by atoms with Crippen LogP contribution in [-0.2, 0) is 13.0 Å². The van der Waals surface area contributed by atoms with Crippen LogP contribution in [0.3, 0.4) is 0 Å². The predicted octanol–water partition coefficient (Wildman–Crippen LogP) is 1.36. The smallest absolute Gasteiger partial charge is 0.245 e. The Hall–Kier alpha value is -2.22. The zero-order chi connectivity index (χ0) is 14.8. The maximum absolute atomic E-state index is 5.85. The average molecular weight is 309 g/mol. The predicted molar refractivity (Wildman–Crippen MR) is 74.4 cm³/mol. The van der Waals surface area contributed by atoms with E-state index < -0.39 is 0 Å². The first kappa shape index (κ1) is 13.7. The molecule has 3 rings (SSSR count). The number of ether oxygens (including phenoxy) is 1. The van der Waals surface area contributed by atoms with Crippen LogP contribution in [0.15, 0.2) is 10.9 Å². The number of hydrogen-bond donors (Lipinski definition) is 0. The van der Waals surface area contributed by atoms with Crippen LogP contribution in [0.25, 0.3) is 11.2 Å². The van der Waals surface area contributed by atoms with Crippen molar-refractivity contribution in [3.63, 3.8) is 0 Å². The molecular formula is C12H13ClN6O2. The highest BCUT2D eigenvalue weighted by atomic mass is 35.5. The molecule has 0 aliphatic heterocycles. The lowest BCUT2D eigenvalue weighted by molar-refractivity contribution is 0.386. The van der Waals surface area contributed by atoms with Crippen molar-refractivity contribution in [2.45, 2.75) is 19.9 Å². The lowest BCUT2D eigenvalue weighted by Crippen LogP contribution is -2.08. The van der Waals surface area contributed by atoms with Gasteiger partial charge in [0.2, 0.25) is 11.8 Å². The Morgan fingerprint density at radius 3 is 2.86 bits per heavy atom. The molecule has 0 unspecified atom stereocenters. The monoisotopic (exact) mass is 308 g/mol. The van der Waals surface area contributed by atoms with Crippen molar-refractivity contribution in [3.8, 4) is 5.88 Å². The van der Waals surface area contributed by atoms with E-state index in [4.69, 9.17) is 20.9 Å². The van der Waals surface area contributed by atoms with Gasteiger partial charge in [0.25, 0.3) is 0 Å². The third kappa shape index (κ3) is 2.54. The number of halogens is 1. The average Bonchev–Trinajstić information content (AvgIpc) is 3.04. The van der Waals surface area contributed by atoms with Gasteiger partial charge in [0, 0.05) is 19.2 Å². The summed E-state index contributed by atoms with van der Waals surface area (Å²) >= 11 is 5.85. The molecule has 0 spiro atoms. The Kier molecular flexibility index (Phi) is 3.70. The first-order valence-corrected chi connectivity index (χ1v) is 6.85. The summed E-state index contributed by atoms with van der Waals surface area (Å²) in [4.78, 5) is 17.1.